The summed E-state index contributed by atoms with van der Waals surface area (Å²) in [5.74, 6) is -3.69. The summed E-state index contributed by atoms with van der Waals surface area (Å²) in [6.07, 6.45) is 2.96. The minimum absolute atomic E-state index is 0.151. The quantitative estimate of drug-likeness (QED) is 0.689. The molecule has 0 unspecified atom stereocenters. The molecule has 4 rings (SSSR count). The molecule has 0 radical (unpaired) electrons. The van der Waals surface area contributed by atoms with Crippen molar-refractivity contribution in [1.82, 2.24) is 14.8 Å². The van der Waals surface area contributed by atoms with Crippen LogP contribution in [0.15, 0.2) is 36.7 Å². The summed E-state index contributed by atoms with van der Waals surface area (Å²) in [4.78, 5) is 16.3. The van der Waals surface area contributed by atoms with Crippen LogP contribution in [-0.4, -0.2) is 41.0 Å². The van der Waals surface area contributed by atoms with Crippen LogP contribution in [0.25, 0.3) is 11.3 Å². The van der Waals surface area contributed by atoms with Gasteiger partial charge in [-0.2, -0.15) is 5.10 Å². The smallest absolute Gasteiger partial charge is 0.274 e. The van der Waals surface area contributed by atoms with Crippen molar-refractivity contribution in [3.8, 4) is 11.3 Å². The highest BCUT2D eigenvalue weighted by molar-refractivity contribution is 6.03. The number of benzene rings is 1. The number of halogens is 3. The predicted molar refractivity (Wildman–Crippen MR) is 100 cm³/mol. The zero-order chi connectivity index (χ0) is 21.5. The average Bonchev–Trinajstić information content (AvgIpc) is 3.07. The number of hydrogen-bond donors (Lipinski definition) is 1. The van der Waals surface area contributed by atoms with Gasteiger partial charge in [0.25, 0.3) is 5.91 Å². The van der Waals surface area contributed by atoms with E-state index in [2.05, 4.69) is 15.4 Å². The van der Waals surface area contributed by atoms with Gasteiger partial charge in [-0.05, 0) is 29.8 Å². The summed E-state index contributed by atoms with van der Waals surface area (Å²) < 4.78 is 56.0. The van der Waals surface area contributed by atoms with Crippen LogP contribution in [0.5, 0.6) is 0 Å². The van der Waals surface area contributed by atoms with Crippen molar-refractivity contribution >= 4 is 11.6 Å². The van der Waals surface area contributed by atoms with E-state index in [1.807, 2.05) is 0 Å². The zero-order valence-electron chi connectivity index (χ0n) is 16.1. The second-order valence-electron chi connectivity index (χ2n) is 6.89. The molecule has 1 fully saturated rings. The van der Waals surface area contributed by atoms with Gasteiger partial charge in [0.1, 0.15) is 34.4 Å². The molecule has 1 aliphatic rings. The first kappa shape index (κ1) is 20.0. The SMILES string of the molecule is COC1(c2cc(F)c(-c3nc(C(=O)Nc4cnn(C)c4)ccc3F)c(F)c2)COC1. The summed E-state index contributed by atoms with van der Waals surface area (Å²) >= 11 is 0. The lowest BCUT2D eigenvalue weighted by molar-refractivity contribution is -0.202. The highest BCUT2D eigenvalue weighted by Gasteiger charge is 2.41. The van der Waals surface area contributed by atoms with Crippen molar-refractivity contribution in [1.29, 1.82) is 0 Å². The van der Waals surface area contributed by atoms with Crippen LogP contribution >= 0.6 is 0 Å². The molecule has 1 N–H and O–H groups in total. The zero-order valence-corrected chi connectivity index (χ0v) is 16.1. The number of hydrogen-bond acceptors (Lipinski definition) is 5. The Bertz CT molecular complexity index is 1100. The van der Waals surface area contributed by atoms with Crippen LogP contribution in [-0.2, 0) is 22.1 Å². The highest BCUT2D eigenvalue weighted by atomic mass is 19.1. The fourth-order valence-electron chi connectivity index (χ4n) is 3.18. The van der Waals surface area contributed by atoms with Crippen LogP contribution in [0.3, 0.4) is 0 Å². The third-order valence-electron chi connectivity index (χ3n) is 4.91. The Morgan fingerprint density at radius 2 is 1.90 bits per heavy atom. The Labute approximate surface area is 169 Å². The summed E-state index contributed by atoms with van der Waals surface area (Å²) in [7, 11) is 3.08. The fourth-order valence-corrected chi connectivity index (χ4v) is 3.18. The van der Waals surface area contributed by atoms with E-state index in [4.69, 9.17) is 9.47 Å². The number of nitrogens with zero attached hydrogens (tertiary/aromatic N) is 3. The lowest BCUT2D eigenvalue weighted by Crippen LogP contribution is -2.48. The first-order valence-electron chi connectivity index (χ1n) is 8.92. The molecule has 1 amide bonds. The summed E-state index contributed by atoms with van der Waals surface area (Å²) in [5, 5.41) is 6.45. The third kappa shape index (κ3) is 3.44. The largest absolute Gasteiger partial charge is 0.375 e. The van der Waals surface area contributed by atoms with E-state index < -0.39 is 40.2 Å². The van der Waals surface area contributed by atoms with E-state index in [0.717, 1.165) is 24.3 Å². The first-order valence-corrected chi connectivity index (χ1v) is 8.92. The van der Waals surface area contributed by atoms with Gasteiger partial charge in [0.05, 0.1) is 30.7 Å². The molecule has 1 aliphatic heterocycles. The van der Waals surface area contributed by atoms with Crippen LogP contribution in [0.4, 0.5) is 18.9 Å². The van der Waals surface area contributed by atoms with Crippen molar-refractivity contribution in [3.05, 3.63) is 65.4 Å². The van der Waals surface area contributed by atoms with Gasteiger partial charge in [-0.25, -0.2) is 18.2 Å². The first-order chi connectivity index (χ1) is 14.3. The fraction of sp³-hybridized carbons (Fsp3) is 0.250. The van der Waals surface area contributed by atoms with Crippen molar-refractivity contribution in [2.75, 3.05) is 25.6 Å². The number of aryl methyl sites for hydroxylation is 1. The maximum Gasteiger partial charge on any atom is 0.274 e. The molecule has 3 heterocycles. The molecule has 30 heavy (non-hydrogen) atoms. The molecule has 7 nitrogen and oxygen atoms in total. The maximum atomic E-state index is 14.8. The van der Waals surface area contributed by atoms with Gasteiger partial charge in [0.15, 0.2) is 0 Å². The molecule has 0 aliphatic carbocycles. The van der Waals surface area contributed by atoms with Gasteiger partial charge in [0.2, 0.25) is 0 Å². The van der Waals surface area contributed by atoms with E-state index in [0.29, 0.717) is 5.69 Å². The van der Waals surface area contributed by atoms with Gasteiger partial charge in [-0.3, -0.25) is 9.48 Å². The standard InChI is InChI=1S/C20H17F3N4O3/c1-27-8-12(7-24-27)25-19(28)16-4-3-13(21)18(26-16)17-14(22)5-11(6-15(17)23)20(29-2)9-30-10-20/h3-8H,9-10H2,1-2H3,(H,25,28). The van der Waals surface area contributed by atoms with Gasteiger partial charge < -0.3 is 14.8 Å². The molecule has 0 atom stereocenters. The number of carbonyl (C=O) groups excluding carboxylic acids is 1. The van der Waals surface area contributed by atoms with E-state index in [-0.39, 0.29) is 24.5 Å². The molecule has 1 aromatic carbocycles. The van der Waals surface area contributed by atoms with Crippen LogP contribution in [0.1, 0.15) is 16.1 Å². The van der Waals surface area contributed by atoms with Crippen molar-refractivity contribution in [2.24, 2.45) is 7.05 Å². The Hall–Kier alpha value is -3.24. The number of methoxy groups -OCH3 is 1. The number of amides is 1. The van der Waals surface area contributed by atoms with Gasteiger partial charge in [-0.1, -0.05) is 0 Å². The number of pyridine rings is 1. The minimum Gasteiger partial charge on any atom is -0.375 e. The number of rotatable bonds is 5. The van der Waals surface area contributed by atoms with Crippen molar-refractivity contribution < 1.29 is 27.4 Å². The minimum atomic E-state index is -1.02. The molecular weight excluding hydrogens is 401 g/mol. The highest BCUT2D eigenvalue weighted by Crippen LogP contribution is 2.37. The van der Waals surface area contributed by atoms with Crippen molar-refractivity contribution in [3.63, 3.8) is 0 Å². The molecule has 2 aromatic heterocycles. The predicted octanol–water partition coefficient (Wildman–Crippen LogP) is 3.02. The molecule has 3 aromatic rings. The number of ether oxygens (including phenoxy) is 2. The lowest BCUT2D eigenvalue weighted by atomic mass is 9.90. The molecule has 0 saturated carbocycles. The lowest BCUT2D eigenvalue weighted by Gasteiger charge is -2.40. The maximum absolute atomic E-state index is 14.8. The second kappa shape index (κ2) is 7.54. The van der Waals surface area contributed by atoms with E-state index in [1.165, 1.54) is 18.0 Å². The second-order valence-corrected chi connectivity index (χ2v) is 6.89. The average molecular weight is 418 g/mol. The van der Waals surface area contributed by atoms with E-state index >= 15 is 0 Å². The van der Waals surface area contributed by atoms with E-state index in [9.17, 15) is 18.0 Å². The van der Waals surface area contributed by atoms with Gasteiger partial charge in [0, 0.05) is 20.4 Å². The number of aromatic nitrogens is 3. The van der Waals surface area contributed by atoms with Crippen LogP contribution < -0.4 is 5.32 Å². The van der Waals surface area contributed by atoms with E-state index in [1.54, 1.807) is 13.2 Å². The molecule has 156 valence electrons. The summed E-state index contributed by atoms with van der Waals surface area (Å²) in [5.41, 5.74) is -1.80. The number of carbonyl (C=O) groups is 1. The summed E-state index contributed by atoms with van der Waals surface area (Å²) in [6, 6.07) is 4.19. The van der Waals surface area contributed by atoms with Gasteiger partial charge in [-0.15, -0.1) is 0 Å². The topological polar surface area (TPSA) is 78.3 Å². The Morgan fingerprint density at radius 3 is 2.43 bits per heavy atom. The molecule has 1 saturated heterocycles. The van der Waals surface area contributed by atoms with Gasteiger partial charge >= 0.3 is 0 Å². The Balaban J connectivity index is 1.70. The number of anilines is 1. The summed E-state index contributed by atoms with van der Waals surface area (Å²) in [6.45, 7) is 0.302. The molecule has 0 bridgehead atoms. The Morgan fingerprint density at radius 1 is 1.20 bits per heavy atom. The van der Waals surface area contributed by atoms with Crippen LogP contribution in [0, 0.1) is 17.5 Å². The normalized spacial score (nSPS) is 15.0. The number of nitrogens with one attached hydrogen (secondary N) is 1. The monoisotopic (exact) mass is 418 g/mol. The Kier molecular flexibility index (Phi) is 5.04. The van der Waals surface area contributed by atoms with Crippen molar-refractivity contribution in [2.45, 2.75) is 5.60 Å². The van der Waals surface area contributed by atoms with Crippen LogP contribution in [0.2, 0.25) is 0 Å². The third-order valence-corrected chi connectivity index (χ3v) is 4.91. The molecule has 10 heteroatoms. The molecular formula is C20H17F3N4O3. The molecule has 0 spiro atoms.